The first-order valence-electron chi connectivity index (χ1n) is 8.49. The van der Waals surface area contributed by atoms with Crippen LogP contribution >= 0.6 is 0 Å². The number of hydrogen-bond acceptors (Lipinski definition) is 3. The monoisotopic (exact) mass is 386 g/mol. The van der Waals surface area contributed by atoms with Crippen molar-refractivity contribution in [3.8, 4) is 5.75 Å². The Morgan fingerprint density at radius 3 is 2.25 bits per heavy atom. The average molecular weight is 386 g/mol. The molecule has 1 N–H and O–H groups in total. The van der Waals surface area contributed by atoms with Crippen LogP contribution in [0, 0.1) is 0 Å². The van der Waals surface area contributed by atoms with Gasteiger partial charge < -0.3 is 10.1 Å². The number of hydrogen-bond donors (Lipinski definition) is 1. The smallest absolute Gasteiger partial charge is 0.416 e. The highest BCUT2D eigenvalue weighted by Gasteiger charge is 2.30. The summed E-state index contributed by atoms with van der Waals surface area (Å²) in [5, 5.41) is 2.85. The third-order valence-corrected chi connectivity index (χ3v) is 3.97. The third-order valence-electron chi connectivity index (χ3n) is 3.97. The molecule has 0 fully saturated rings. The first kappa shape index (κ1) is 19.4. The number of rotatable bonds is 6. The Morgan fingerprint density at radius 1 is 0.964 bits per heavy atom. The summed E-state index contributed by atoms with van der Waals surface area (Å²) in [7, 11) is 0. The number of benzene rings is 2. The van der Waals surface area contributed by atoms with Gasteiger partial charge in [0.1, 0.15) is 5.75 Å². The lowest BCUT2D eigenvalue weighted by molar-refractivity contribution is -0.137. The molecule has 0 spiro atoms. The summed E-state index contributed by atoms with van der Waals surface area (Å²) in [6, 6.07) is 18.5. The van der Waals surface area contributed by atoms with Crippen molar-refractivity contribution in [1.29, 1.82) is 0 Å². The second kappa shape index (κ2) is 8.56. The van der Waals surface area contributed by atoms with Gasteiger partial charge in [0.05, 0.1) is 17.3 Å². The summed E-state index contributed by atoms with van der Waals surface area (Å²) in [5.41, 5.74) is 0.740. The number of pyridine rings is 1. The van der Waals surface area contributed by atoms with Crippen molar-refractivity contribution < 1.29 is 22.7 Å². The average Bonchev–Trinajstić information content (AvgIpc) is 2.71. The standard InChI is InChI=1S/C21H17F3N2O2/c22-21(23,24)16-9-11-17(12-10-16)28-14-19(27)26-20(15-6-2-1-3-7-15)18-8-4-5-13-25-18/h1-13,20H,14H2,(H,26,27)/t20-/m0/s1. The highest BCUT2D eigenvalue weighted by molar-refractivity contribution is 5.78. The van der Waals surface area contributed by atoms with E-state index in [1.54, 1.807) is 18.3 Å². The number of aromatic nitrogens is 1. The van der Waals surface area contributed by atoms with E-state index in [0.29, 0.717) is 5.69 Å². The molecule has 0 aliphatic heterocycles. The predicted octanol–water partition coefficient (Wildman–Crippen LogP) is 4.39. The fraction of sp³-hybridized carbons (Fsp3) is 0.143. The maximum Gasteiger partial charge on any atom is 0.416 e. The zero-order valence-electron chi connectivity index (χ0n) is 14.7. The van der Waals surface area contributed by atoms with E-state index in [9.17, 15) is 18.0 Å². The number of nitrogens with one attached hydrogen (secondary N) is 1. The van der Waals surface area contributed by atoms with Crippen molar-refractivity contribution in [2.45, 2.75) is 12.2 Å². The van der Waals surface area contributed by atoms with Crippen LogP contribution in [0.25, 0.3) is 0 Å². The highest BCUT2D eigenvalue weighted by atomic mass is 19.4. The second-order valence-electron chi connectivity index (χ2n) is 5.98. The number of carbonyl (C=O) groups is 1. The van der Waals surface area contributed by atoms with E-state index in [-0.39, 0.29) is 12.4 Å². The molecule has 0 saturated carbocycles. The van der Waals surface area contributed by atoms with Crippen molar-refractivity contribution >= 4 is 5.91 Å². The number of halogens is 3. The molecule has 144 valence electrons. The van der Waals surface area contributed by atoms with Gasteiger partial charge in [-0.2, -0.15) is 13.2 Å². The molecule has 0 aliphatic carbocycles. The lowest BCUT2D eigenvalue weighted by Gasteiger charge is -2.19. The molecule has 0 bridgehead atoms. The molecule has 1 aromatic heterocycles. The van der Waals surface area contributed by atoms with E-state index in [1.165, 1.54) is 12.1 Å². The van der Waals surface area contributed by atoms with Crippen LogP contribution in [-0.4, -0.2) is 17.5 Å². The van der Waals surface area contributed by atoms with E-state index in [1.807, 2.05) is 36.4 Å². The molecule has 1 atom stereocenters. The molecule has 1 heterocycles. The maximum absolute atomic E-state index is 12.6. The minimum absolute atomic E-state index is 0.178. The molecular weight excluding hydrogens is 369 g/mol. The van der Waals surface area contributed by atoms with Crippen LogP contribution in [0.5, 0.6) is 5.75 Å². The molecule has 1 amide bonds. The Hall–Kier alpha value is -3.35. The lowest BCUT2D eigenvalue weighted by Crippen LogP contribution is -2.33. The first-order chi connectivity index (χ1) is 13.4. The number of amides is 1. The SMILES string of the molecule is O=C(COc1ccc(C(F)(F)F)cc1)N[C@@H](c1ccccc1)c1ccccn1. The van der Waals surface area contributed by atoms with Gasteiger partial charge >= 0.3 is 6.18 Å². The van der Waals surface area contributed by atoms with Crippen LogP contribution < -0.4 is 10.1 Å². The van der Waals surface area contributed by atoms with Gasteiger partial charge in [-0.05, 0) is 42.0 Å². The lowest BCUT2D eigenvalue weighted by atomic mass is 10.0. The van der Waals surface area contributed by atoms with Gasteiger partial charge in [-0.15, -0.1) is 0 Å². The van der Waals surface area contributed by atoms with Gasteiger partial charge in [-0.3, -0.25) is 9.78 Å². The predicted molar refractivity (Wildman–Crippen MR) is 97.6 cm³/mol. The number of nitrogens with zero attached hydrogens (tertiary/aromatic N) is 1. The van der Waals surface area contributed by atoms with Crippen molar-refractivity contribution in [3.63, 3.8) is 0 Å². The van der Waals surface area contributed by atoms with Gasteiger partial charge in [-0.1, -0.05) is 36.4 Å². The zero-order valence-corrected chi connectivity index (χ0v) is 14.7. The summed E-state index contributed by atoms with van der Waals surface area (Å²) >= 11 is 0. The molecule has 3 rings (SSSR count). The van der Waals surface area contributed by atoms with Gasteiger partial charge in [0.25, 0.3) is 5.91 Å². The topological polar surface area (TPSA) is 51.2 Å². The first-order valence-corrected chi connectivity index (χ1v) is 8.49. The quantitative estimate of drug-likeness (QED) is 0.684. The molecule has 0 saturated heterocycles. The fourth-order valence-electron chi connectivity index (χ4n) is 2.61. The summed E-state index contributed by atoms with van der Waals surface area (Å²) in [5.74, 6) is -0.239. The van der Waals surface area contributed by atoms with Crippen LogP contribution in [0.2, 0.25) is 0 Å². The summed E-state index contributed by atoms with van der Waals surface area (Å²) in [4.78, 5) is 16.7. The molecular formula is C21H17F3N2O2. The molecule has 3 aromatic rings. The summed E-state index contributed by atoms with van der Waals surface area (Å²) in [6.07, 6.45) is -2.78. The second-order valence-corrected chi connectivity index (χ2v) is 5.98. The molecule has 0 unspecified atom stereocenters. The number of alkyl halides is 3. The third kappa shape index (κ3) is 5.09. The van der Waals surface area contributed by atoms with Gasteiger partial charge in [0, 0.05) is 6.20 Å². The van der Waals surface area contributed by atoms with Crippen LogP contribution in [0.1, 0.15) is 22.9 Å². The van der Waals surface area contributed by atoms with Crippen molar-refractivity contribution in [2.24, 2.45) is 0 Å². The molecule has 0 aliphatic rings. The Bertz CT molecular complexity index is 859. The minimum atomic E-state index is -4.42. The maximum atomic E-state index is 12.6. The van der Waals surface area contributed by atoms with Crippen LogP contribution in [-0.2, 0) is 11.0 Å². The normalized spacial score (nSPS) is 12.2. The molecule has 4 nitrogen and oxygen atoms in total. The Kier molecular flexibility index (Phi) is 5.93. The summed E-state index contributed by atoms with van der Waals surface area (Å²) in [6.45, 7) is -0.332. The summed E-state index contributed by atoms with van der Waals surface area (Å²) < 4.78 is 43.1. The zero-order chi connectivity index (χ0) is 20.0. The fourth-order valence-corrected chi connectivity index (χ4v) is 2.61. The van der Waals surface area contributed by atoms with Crippen LogP contribution in [0.4, 0.5) is 13.2 Å². The number of ether oxygens (including phenoxy) is 1. The van der Waals surface area contributed by atoms with E-state index in [4.69, 9.17) is 4.74 Å². The van der Waals surface area contributed by atoms with Gasteiger partial charge in [0.15, 0.2) is 6.61 Å². The van der Waals surface area contributed by atoms with Crippen molar-refractivity contribution in [2.75, 3.05) is 6.61 Å². The molecule has 0 radical (unpaired) electrons. The van der Waals surface area contributed by atoms with Crippen molar-refractivity contribution in [3.05, 3.63) is 95.8 Å². The molecule has 2 aromatic carbocycles. The Morgan fingerprint density at radius 2 is 1.64 bits per heavy atom. The molecule has 28 heavy (non-hydrogen) atoms. The molecule has 7 heteroatoms. The van der Waals surface area contributed by atoms with E-state index >= 15 is 0 Å². The Balaban J connectivity index is 1.66. The van der Waals surface area contributed by atoms with E-state index < -0.39 is 23.7 Å². The largest absolute Gasteiger partial charge is 0.484 e. The van der Waals surface area contributed by atoms with Crippen molar-refractivity contribution in [1.82, 2.24) is 10.3 Å². The minimum Gasteiger partial charge on any atom is -0.484 e. The van der Waals surface area contributed by atoms with E-state index in [0.717, 1.165) is 17.7 Å². The van der Waals surface area contributed by atoms with Crippen LogP contribution in [0.15, 0.2) is 79.0 Å². The highest BCUT2D eigenvalue weighted by Crippen LogP contribution is 2.30. The van der Waals surface area contributed by atoms with Gasteiger partial charge in [0.2, 0.25) is 0 Å². The van der Waals surface area contributed by atoms with Gasteiger partial charge in [-0.25, -0.2) is 0 Å². The van der Waals surface area contributed by atoms with Crippen LogP contribution in [0.3, 0.4) is 0 Å². The Labute approximate surface area is 160 Å². The van der Waals surface area contributed by atoms with E-state index in [2.05, 4.69) is 10.3 Å². The number of carbonyl (C=O) groups excluding carboxylic acids is 1.